The summed E-state index contributed by atoms with van der Waals surface area (Å²) >= 11 is 1.33. The van der Waals surface area contributed by atoms with Gasteiger partial charge in [0.25, 0.3) is 0 Å². The molecule has 1 aliphatic rings. The lowest BCUT2D eigenvalue weighted by atomic mass is 10.1. The lowest BCUT2D eigenvalue weighted by Gasteiger charge is -2.29. The molecular weight excluding hydrogens is 272 g/mol. The van der Waals surface area contributed by atoms with Crippen molar-refractivity contribution < 1.29 is 14.3 Å². The van der Waals surface area contributed by atoms with Gasteiger partial charge >= 0.3 is 5.97 Å². The molecule has 0 radical (unpaired) electrons. The van der Waals surface area contributed by atoms with Crippen LogP contribution in [0.3, 0.4) is 0 Å². The van der Waals surface area contributed by atoms with E-state index in [2.05, 4.69) is 0 Å². The fraction of sp³-hybridized carbons (Fsp3) is 0.500. The molecule has 0 unspecified atom stereocenters. The Morgan fingerprint density at radius 3 is 2.40 bits per heavy atom. The van der Waals surface area contributed by atoms with Gasteiger partial charge in [-0.05, 0) is 45.7 Å². The van der Waals surface area contributed by atoms with Crippen molar-refractivity contribution >= 4 is 23.5 Å². The lowest BCUT2D eigenvalue weighted by Crippen LogP contribution is -2.44. The first-order valence-electron chi connectivity index (χ1n) is 6.84. The standard InChI is InChI=1S/C16H20O3S/c1-15(2,3)19-14(18)16(11-7-10-13(16)17)20-12-8-5-4-6-9-12/h4-6,8-9H,7,10-11H2,1-3H3/t16-/m0/s1. The predicted octanol–water partition coefficient (Wildman–Crippen LogP) is 3.61. The van der Waals surface area contributed by atoms with E-state index < -0.39 is 16.3 Å². The molecule has 0 aliphatic heterocycles. The van der Waals surface area contributed by atoms with Crippen LogP contribution in [0.5, 0.6) is 0 Å². The van der Waals surface area contributed by atoms with Gasteiger partial charge in [-0.25, -0.2) is 0 Å². The second kappa shape index (κ2) is 5.60. The first-order chi connectivity index (χ1) is 9.33. The summed E-state index contributed by atoms with van der Waals surface area (Å²) in [5, 5.41) is 0. The number of thioether (sulfide) groups is 1. The smallest absolute Gasteiger partial charge is 0.330 e. The highest BCUT2D eigenvalue weighted by Crippen LogP contribution is 2.44. The van der Waals surface area contributed by atoms with Gasteiger partial charge in [0.2, 0.25) is 0 Å². The van der Waals surface area contributed by atoms with Gasteiger partial charge in [-0.2, -0.15) is 0 Å². The number of carbonyl (C=O) groups excluding carboxylic acids is 2. The Labute approximate surface area is 124 Å². The summed E-state index contributed by atoms with van der Waals surface area (Å²) in [5.74, 6) is -0.415. The Morgan fingerprint density at radius 2 is 1.90 bits per heavy atom. The third kappa shape index (κ3) is 3.23. The molecule has 2 rings (SSSR count). The minimum absolute atomic E-state index is 0.0133. The molecule has 0 spiro atoms. The quantitative estimate of drug-likeness (QED) is 0.630. The lowest BCUT2D eigenvalue weighted by molar-refractivity contribution is -0.159. The van der Waals surface area contributed by atoms with E-state index in [9.17, 15) is 9.59 Å². The molecule has 1 saturated carbocycles. The van der Waals surface area contributed by atoms with Crippen molar-refractivity contribution in [3.05, 3.63) is 30.3 Å². The molecule has 1 atom stereocenters. The fourth-order valence-electron chi connectivity index (χ4n) is 2.25. The van der Waals surface area contributed by atoms with Gasteiger partial charge in [-0.15, -0.1) is 0 Å². The van der Waals surface area contributed by atoms with Crippen LogP contribution in [0, 0.1) is 0 Å². The molecule has 0 bridgehead atoms. The molecule has 0 N–H and O–H groups in total. The van der Waals surface area contributed by atoms with E-state index in [-0.39, 0.29) is 5.78 Å². The van der Waals surface area contributed by atoms with Gasteiger partial charge < -0.3 is 4.74 Å². The summed E-state index contributed by atoms with van der Waals surface area (Å²) < 4.78 is 4.43. The number of ether oxygens (including phenoxy) is 1. The number of Topliss-reactive ketones (excluding diaryl/α,β-unsaturated/α-hetero) is 1. The van der Waals surface area contributed by atoms with Crippen molar-refractivity contribution in [2.24, 2.45) is 0 Å². The Bertz CT molecular complexity index is 504. The van der Waals surface area contributed by atoms with Crippen LogP contribution in [0.4, 0.5) is 0 Å². The number of esters is 1. The van der Waals surface area contributed by atoms with Crippen molar-refractivity contribution in [3.8, 4) is 0 Å². The number of hydrogen-bond donors (Lipinski definition) is 0. The van der Waals surface area contributed by atoms with Crippen LogP contribution >= 0.6 is 11.8 Å². The maximum Gasteiger partial charge on any atom is 0.330 e. The molecule has 0 amide bonds. The topological polar surface area (TPSA) is 43.4 Å². The summed E-state index contributed by atoms with van der Waals surface area (Å²) in [6.45, 7) is 5.47. The Balaban J connectivity index is 2.27. The van der Waals surface area contributed by atoms with Crippen molar-refractivity contribution in [1.29, 1.82) is 0 Å². The average molecular weight is 292 g/mol. The van der Waals surface area contributed by atoms with E-state index >= 15 is 0 Å². The number of hydrogen-bond acceptors (Lipinski definition) is 4. The number of ketones is 1. The zero-order valence-corrected chi connectivity index (χ0v) is 13.0. The zero-order valence-electron chi connectivity index (χ0n) is 12.1. The van der Waals surface area contributed by atoms with Crippen molar-refractivity contribution in [3.63, 3.8) is 0 Å². The number of carbonyl (C=O) groups is 2. The summed E-state index contributed by atoms with van der Waals surface area (Å²) in [6.07, 6.45) is 1.76. The van der Waals surface area contributed by atoms with Crippen LogP contribution in [0.15, 0.2) is 35.2 Å². The average Bonchev–Trinajstić information content (AvgIpc) is 2.71. The second-order valence-corrected chi connectivity index (χ2v) is 7.39. The maximum absolute atomic E-state index is 12.5. The molecule has 0 aromatic heterocycles. The van der Waals surface area contributed by atoms with E-state index in [1.54, 1.807) is 0 Å². The highest BCUT2D eigenvalue weighted by Gasteiger charge is 2.51. The number of rotatable bonds is 3. The third-order valence-electron chi connectivity index (χ3n) is 3.15. The van der Waals surface area contributed by atoms with Crippen LogP contribution in [0.25, 0.3) is 0 Å². The van der Waals surface area contributed by atoms with Gasteiger partial charge in [0.15, 0.2) is 10.5 Å². The second-order valence-electron chi connectivity index (χ2n) is 6.02. The van der Waals surface area contributed by atoms with Crippen molar-refractivity contribution in [2.75, 3.05) is 0 Å². The molecule has 1 aromatic carbocycles. The molecule has 20 heavy (non-hydrogen) atoms. The van der Waals surface area contributed by atoms with Crippen LogP contribution in [0.1, 0.15) is 40.0 Å². The third-order valence-corrected chi connectivity index (χ3v) is 4.60. The van der Waals surface area contributed by atoms with E-state index in [1.807, 2.05) is 51.1 Å². The first-order valence-corrected chi connectivity index (χ1v) is 7.66. The molecule has 4 heteroatoms. The molecule has 0 heterocycles. The minimum atomic E-state index is -1.06. The van der Waals surface area contributed by atoms with E-state index in [4.69, 9.17) is 4.74 Å². The van der Waals surface area contributed by atoms with Crippen LogP contribution in [0.2, 0.25) is 0 Å². The van der Waals surface area contributed by atoms with Gasteiger partial charge in [-0.1, -0.05) is 30.0 Å². The van der Waals surface area contributed by atoms with Gasteiger partial charge in [0.1, 0.15) is 5.60 Å². The Kier molecular flexibility index (Phi) is 4.23. The minimum Gasteiger partial charge on any atom is -0.459 e. The molecule has 1 fully saturated rings. The molecule has 1 aromatic rings. The normalized spacial score (nSPS) is 22.9. The van der Waals surface area contributed by atoms with Crippen LogP contribution in [-0.2, 0) is 14.3 Å². The summed E-state index contributed by atoms with van der Waals surface area (Å²) in [4.78, 5) is 25.8. The van der Waals surface area contributed by atoms with Gasteiger partial charge in [-0.3, -0.25) is 9.59 Å². The highest BCUT2D eigenvalue weighted by atomic mass is 32.2. The van der Waals surface area contributed by atoms with E-state index in [1.165, 1.54) is 11.8 Å². The fourth-order valence-corrected chi connectivity index (χ4v) is 3.54. The molecular formula is C16H20O3S. The van der Waals surface area contributed by atoms with E-state index in [0.717, 1.165) is 11.3 Å². The summed E-state index contributed by atoms with van der Waals surface area (Å²) in [7, 11) is 0. The monoisotopic (exact) mass is 292 g/mol. The van der Waals surface area contributed by atoms with Crippen LogP contribution < -0.4 is 0 Å². The van der Waals surface area contributed by atoms with Gasteiger partial charge in [0.05, 0.1) is 0 Å². The first kappa shape index (κ1) is 15.1. The summed E-state index contributed by atoms with van der Waals surface area (Å²) in [6, 6.07) is 9.57. The Hall–Kier alpha value is -1.29. The highest BCUT2D eigenvalue weighted by molar-refractivity contribution is 8.02. The van der Waals surface area contributed by atoms with Crippen molar-refractivity contribution in [1.82, 2.24) is 0 Å². The summed E-state index contributed by atoms with van der Waals surface area (Å²) in [5.41, 5.74) is -0.579. The Morgan fingerprint density at radius 1 is 1.25 bits per heavy atom. The predicted molar refractivity (Wildman–Crippen MR) is 79.7 cm³/mol. The zero-order chi connectivity index (χ0) is 14.8. The SMILES string of the molecule is CC(C)(C)OC(=O)[C@]1(Sc2ccccc2)CCCC1=O. The molecule has 108 valence electrons. The molecule has 0 saturated heterocycles. The van der Waals surface area contributed by atoms with Gasteiger partial charge in [0, 0.05) is 11.3 Å². The van der Waals surface area contributed by atoms with E-state index in [0.29, 0.717) is 12.8 Å². The largest absolute Gasteiger partial charge is 0.459 e. The maximum atomic E-state index is 12.5. The van der Waals surface area contributed by atoms with Crippen LogP contribution in [-0.4, -0.2) is 22.1 Å². The molecule has 3 nitrogen and oxygen atoms in total. The molecule has 1 aliphatic carbocycles. The van der Waals surface area contributed by atoms with Crippen molar-refractivity contribution in [2.45, 2.75) is 55.3 Å². The number of benzene rings is 1.